The average molecular weight is 270 g/mol. The standard InChI is InChI=1S/C8H7Cl3N2S/c9-8(10,11)7-12-5(4-1-2-4)3-6(14)13-7/h3-4H,1-2H2,(H,12,13,14). The molecular weight excluding hydrogens is 263 g/mol. The van der Waals surface area contributed by atoms with E-state index in [1.807, 2.05) is 6.07 Å². The first-order valence-electron chi connectivity index (χ1n) is 4.15. The van der Waals surface area contributed by atoms with E-state index in [9.17, 15) is 0 Å². The molecule has 0 spiro atoms. The first kappa shape index (κ1) is 10.7. The van der Waals surface area contributed by atoms with E-state index in [0.717, 1.165) is 18.5 Å². The zero-order valence-corrected chi connectivity index (χ0v) is 10.1. The molecular formula is C8H7Cl3N2S. The molecule has 1 aliphatic rings. The lowest BCUT2D eigenvalue weighted by molar-refractivity contribution is 0.891. The summed E-state index contributed by atoms with van der Waals surface area (Å²) in [7, 11) is 0. The lowest BCUT2D eigenvalue weighted by atomic mass is 10.3. The third kappa shape index (κ3) is 2.40. The van der Waals surface area contributed by atoms with Gasteiger partial charge < -0.3 is 4.98 Å². The summed E-state index contributed by atoms with van der Waals surface area (Å²) in [6.45, 7) is 0. The number of aromatic nitrogens is 2. The number of rotatable bonds is 1. The van der Waals surface area contributed by atoms with E-state index in [0.29, 0.717) is 16.4 Å². The predicted molar refractivity (Wildman–Crippen MR) is 60.6 cm³/mol. The van der Waals surface area contributed by atoms with E-state index < -0.39 is 3.79 Å². The fraction of sp³-hybridized carbons (Fsp3) is 0.500. The molecule has 1 aliphatic carbocycles. The molecule has 0 saturated heterocycles. The van der Waals surface area contributed by atoms with Crippen LogP contribution in [0.4, 0.5) is 0 Å². The van der Waals surface area contributed by atoms with Gasteiger partial charge in [0.05, 0.1) is 0 Å². The van der Waals surface area contributed by atoms with E-state index in [4.69, 9.17) is 47.0 Å². The number of hydrogen-bond acceptors (Lipinski definition) is 2. The van der Waals surface area contributed by atoms with Crippen molar-refractivity contribution in [2.75, 3.05) is 0 Å². The SMILES string of the molecule is S=c1cc(C2CC2)[nH]c(C(Cl)(Cl)Cl)n1. The predicted octanol–water partition coefficient (Wildman–Crippen LogP) is 3.84. The number of nitrogens with zero attached hydrogens (tertiary/aromatic N) is 1. The third-order valence-electron chi connectivity index (χ3n) is 2.05. The Labute approximate surface area is 102 Å². The van der Waals surface area contributed by atoms with Crippen LogP contribution in [0.15, 0.2) is 6.07 Å². The van der Waals surface area contributed by atoms with Crippen LogP contribution in [-0.2, 0) is 3.79 Å². The van der Waals surface area contributed by atoms with Gasteiger partial charge in [-0.25, -0.2) is 4.98 Å². The van der Waals surface area contributed by atoms with Crippen molar-refractivity contribution >= 4 is 47.0 Å². The van der Waals surface area contributed by atoms with Crippen molar-refractivity contribution in [3.05, 3.63) is 22.2 Å². The van der Waals surface area contributed by atoms with Gasteiger partial charge in [-0.05, 0) is 24.8 Å². The fourth-order valence-corrected chi connectivity index (χ4v) is 1.71. The van der Waals surface area contributed by atoms with Gasteiger partial charge in [-0.15, -0.1) is 0 Å². The van der Waals surface area contributed by atoms with Crippen LogP contribution in [-0.4, -0.2) is 9.97 Å². The maximum atomic E-state index is 5.72. The van der Waals surface area contributed by atoms with E-state index >= 15 is 0 Å². The van der Waals surface area contributed by atoms with Gasteiger partial charge in [-0.1, -0.05) is 47.0 Å². The highest BCUT2D eigenvalue weighted by Gasteiger charge is 2.29. The molecule has 0 unspecified atom stereocenters. The van der Waals surface area contributed by atoms with Crippen LogP contribution in [0.5, 0.6) is 0 Å². The number of halogens is 3. The van der Waals surface area contributed by atoms with Gasteiger partial charge in [0.25, 0.3) is 0 Å². The normalized spacial score (nSPS) is 17.1. The second kappa shape index (κ2) is 3.63. The number of hydrogen-bond donors (Lipinski definition) is 1. The Balaban J connectivity index is 2.46. The molecule has 1 aromatic heterocycles. The minimum atomic E-state index is -1.53. The molecule has 1 N–H and O–H groups in total. The molecule has 1 aromatic rings. The maximum absolute atomic E-state index is 5.72. The number of aromatic amines is 1. The number of alkyl halides is 3. The second-order valence-electron chi connectivity index (χ2n) is 3.30. The molecule has 0 amide bonds. The number of H-pyrrole nitrogens is 1. The minimum absolute atomic E-state index is 0.303. The van der Waals surface area contributed by atoms with Crippen LogP contribution in [0.3, 0.4) is 0 Å². The summed E-state index contributed by atoms with van der Waals surface area (Å²) in [4.78, 5) is 6.99. The Hall–Kier alpha value is 0.170. The van der Waals surface area contributed by atoms with E-state index in [2.05, 4.69) is 9.97 Å². The molecule has 1 fully saturated rings. The topological polar surface area (TPSA) is 28.7 Å². The van der Waals surface area contributed by atoms with Gasteiger partial charge in [0, 0.05) is 5.69 Å². The lowest BCUT2D eigenvalue weighted by Gasteiger charge is -2.11. The van der Waals surface area contributed by atoms with E-state index in [1.54, 1.807) is 0 Å². The summed E-state index contributed by atoms with van der Waals surface area (Å²) in [5.74, 6) is 0.836. The van der Waals surface area contributed by atoms with Gasteiger partial charge in [0.15, 0.2) is 5.82 Å². The quantitative estimate of drug-likeness (QED) is 0.620. The minimum Gasteiger partial charge on any atom is -0.343 e. The largest absolute Gasteiger partial charge is 0.343 e. The molecule has 1 heterocycles. The molecule has 6 heteroatoms. The lowest BCUT2D eigenvalue weighted by Crippen LogP contribution is -2.08. The Morgan fingerprint density at radius 3 is 2.57 bits per heavy atom. The van der Waals surface area contributed by atoms with Gasteiger partial charge in [0.1, 0.15) is 4.64 Å². The monoisotopic (exact) mass is 268 g/mol. The van der Waals surface area contributed by atoms with Gasteiger partial charge in [0.2, 0.25) is 3.79 Å². The summed E-state index contributed by atoms with van der Waals surface area (Å²) in [6, 6.07) is 1.83. The van der Waals surface area contributed by atoms with Crippen LogP contribution in [0.2, 0.25) is 0 Å². The van der Waals surface area contributed by atoms with Crippen molar-refractivity contribution in [1.82, 2.24) is 9.97 Å². The first-order chi connectivity index (χ1) is 6.47. The van der Waals surface area contributed by atoms with E-state index in [-0.39, 0.29) is 0 Å². The Kier molecular flexibility index (Phi) is 2.77. The molecule has 0 aromatic carbocycles. The molecule has 1 saturated carbocycles. The van der Waals surface area contributed by atoms with Crippen molar-refractivity contribution in [2.24, 2.45) is 0 Å². The summed E-state index contributed by atoms with van der Waals surface area (Å²) in [5.41, 5.74) is 1.02. The van der Waals surface area contributed by atoms with Crippen molar-refractivity contribution in [3.8, 4) is 0 Å². The third-order valence-corrected chi connectivity index (χ3v) is 2.80. The Morgan fingerprint density at radius 2 is 2.07 bits per heavy atom. The van der Waals surface area contributed by atoms with Gasteiger partial charge in [-0.3, -0.25) is 0 Å². The molecule has 0 atom stereocenters. The maximum Gasteiger partial charge on any atom is 0.248 e. The molecule has 2 nitrogen and oxygen atoms in total. The smallest absolute Gasteiger partial charge is 0.248 e. The number of nitrogens with one attached hydrogen (secondary N) is 1. The molecule has 0 aliphatic heterocycles. The summed E-state index contributed by atoms with van der Waals surface area (Å²) in [5, 5.41) is 0. The molecule has 14 heavy (non-hydrogen) atoms. The molecule has 76 valence electrons. The van der Waals surface area contributed by atoms with Crippen LogP contribution in [0.1, 0.15) is 30.3 Å². The van der Waals surface area contributed by atoms with E-state index in [1.165, 1.54) is 0 Å². The highest BCUT2D eigenvalue weighted by molar-refractivity contribution is 7.71. The van der Waals surface area contributed by atoms with Crippen LogP contribution < -0.4 is 0 Å². The second-order valence-corrected chi connectivity index (χ2v) is 5.99. The molecule has 0 radical (unpaired) electrons. The highest BCUT2D eigenvalue weighted by Crippen LogP contribution is 2.41. The Morgan fingerprint density at radius 1 is 1.43 bits per heavy atom. The zero-order valence-electron chi connectivity index (χ0n) is 7.06. The summed E-state index contributed by atoms with van der Waals surface area (Å²) in [6.07, 6.45) is 2.32. The van der Waals surface area contributed by atoms with Crippen molar-refractivity contribution in [2.45, 2.75) is 22.6 Å². The van der Waals surface area contributed by atoms with Crippen LogP contribution in [0, 0.1) is 4.64 Å². The van der Waals surface area contributed by atoms with Crippen molar-refractivity contribution in [3.63, 3.8) is 0 Å². The molecule has 2 rings (SSSR count). The summed E-state index contributed by atoms with van der Waals surface area (Å²) < 4.78 is -1.06. The fourth-order valence-electron chi connectivity index (χ4n) is 1.22. The molecule has 0 bridgehead atoms. The average Bonchev–Trinajstić information content (AvgIpc) is 2.83. The van der Waals surface area contributed by atoms with Crippen molar-refractivity contribution in [1.29, 1.82) is 0 Å². The highest BCUT2D eigenvalue weighted by atomic mass is 35.6. The summed E-state index contributed by atoms with van der Waals surface area (Å²) >= 11 is 22.2. The van der Waals surface area contributed by atoms with Crippen molar-refractivity contribution < 1.29 is 0 Å². The van der Waals surface area contributed by atoms with Gasteiger partial charge >= 0.3 is 0 Å². The zero-order chi connectivity index (χ0) is 10.3. The van der Waals surface area contributed by atoms with Crippen LogP contribution in [0.25, 0.3) is 0 Å². The Bertz CT molecular complexity index is 406. The van der Waals surface area contributed by atoms with Crippen LogP contribution >= 0.6 is 47.0 Å². The first-order valence-corrected chi connectivity index (χ1v) is 5.69. The van der Waals surface area contributed by atoms with Gasteiger partial charge in [-0.2, -0.15) is 0 Å².